The van der Waals surface area contributed by atoms with Crippen LogP contribution >= 0.6 is 0 Å². The molecule has 1 heterocycles. The molecule has 0 saturated heterocycles. The van der Waals surface area contributed by atoms with Crippen LogP contribution in [0.2, 0.25) is 0 Å². The molecular weight excluding hydrogens is 476 g/mol. The standard InChI is InChI=1S/C36H30N2O/c1-3-33(37)24-12-17-26(18-13-24)38-34-21-16-25(23-14-19-27(39-2)20-15-23)22-32(34)35-30-10-6-4-8-28(30)29-9-5-7-11-31(29)36(35)38/h4-22,33H,3,37H2,1-2H3. The predicted octanol–water partition coefficient (Wildman–Crippen LogP) is 9.18. The molecule has 3 nitrogen and oxygen atoms in total. The molecule has 0 aliphatic rings. The number of hydrogen-bond donors (Lipinski definition) is 1. The van der Waals surface area contributed by atoms with Crippen molar-refractivity contribution in [1.29, 1.82) is 0 Å². The average molecular weight is 507 g/mol. The summed E-state index contributed by atoms with van der Waals surface area (Å²) in [4.78, 5) is 0. The van der Waals surface area contributed by atoms with E-state index in [1.54, 1.807) is 7.11 Å². The molecule has 0 spiro atoms. The molecule has 3 heteroatoms. The second-order valence-corrected chi connectivity index (χ2v) is 10.2. The van der Waals surface area contributed by atoms with Gasteiger partial charge in [-0.1, -0.05) is 85.8 Å². The minimum atomic E-state index is 0.0500. The van der Waals surface area contributed by atoms with Crippen LogP contribution in [0.1, 0.15) is 24.9 Å². The molecule has 2 N–H and O–H groups in total. The zero-order valence-electron chi connectivity index (χ0n) is 22.2. The SMILES string of the molecule is CCC(N)c1ccc(-n2c3ccc(-c4ccc(OC)cc4)cc3c3c4ccccc4c4ccccc4c32)cc1. The minimum Gasteiger partial charge on any atom is -0.497 e. The van der Waals surface area contributed by atoms with Gasteiger partial charge in [-0.3, -0.25) is 0 Å². The van der Waals surface area contributed by atoms with Crippen molar-refractivity contribution in [3.8, 4) is 22.6 Å². The second-order valence-electron chi connectivity index (χ2n) is 10.2. The molecule has 0 radical (unpaired) electrons. The van der Waals surface area contributed by atoms with Gasteiger partial charge in [-0.05, 0) is 75.7 Å². The van der Waals surface area contributed by atoms with Gasteiger partial charge in [0.05, 0.1) is 18.1 Å². The van der Waals surface area contributed by atoms with E-state index in [-0.39, 0.29) is 6.04 Å². The van der Waals surface area contributed by atoms with Gasteiger partial charge in [-0.15, -0.1) is 0 Å². The monoisotopic (exact) mass is 506 g/mol. The highest BCUT2D eigenvalue weighted by Gasteiger charge is 2.19. The van der Waals surface area contributed by atoms with Gasteiger partial charge in [0.25, 0.3) is 0 Å². The summed E-state index contributed by atoms with van der Waals surface area (Å²) >= 11 is 0. The Morgan fingerprint density at radius 3 is 1.95 bits per heavy atom. The van der Waals surface area contributed by atoms with Gasteiger partial charge in [-0.2, -0.15) is 0 Å². The maximum atomic E-state index is 6.36. The van der Waals surface area contributed by atoms with E-state index in [0.29, 0.717) is 0 Å². The molecule has 1 atom stereocenters. The van der Waals surface area contributed by atoms with Gasteiger partial charge in [0.1, 0.15) is 5.75 Å². The van der Waals surface area contributed by atoms with Crippen LogP contribution in [0, 0.1) is 0 Å². The van der Waals surface area contributed by atoms with Crippen LogP contribution in [0.5, 0.6) is 5.75 Å². The first-order valence-corrected chi connectivity index (χ1v) is 13.6. The van der Waals surface area contributed by atoms with Crippen LogP contribution in [-0.2, 0) is 0 Å². The molecule has 0 saturated carbocycles. The highest BCUT2D eigenvalue weighted by molar-refractivity contribution is 6.32. The third-order valence-corrected chi connectivity index (χ3v) is 8.08. The van der Waals surface area contributed by atoms with E-state index in [0.717, 1.165) is 17.9 Å². The summed E-state index contributed by atoms with van der Waals surface area (Å²) in [5.41, 5.74) is 13.4. The van der Waals surface area contributed by atoms with Crippen molar-refractivity contribution in [2.45, 2.75) is 19.4 Å². The van der Waals surface area contributed by atoms with Gasteiger partial charge >= 0.3 is 0 Å². The zero-order valence-corrected chi connectivity index (χ0v) is 22.2. The lowest BCUT2D eigenvalue weighted by molar-refractivity contribution is 0.415. The van der Waals surface area contributed by atoms with E-state index in [4.69, 9.17) is 10.5 Å². The Kier molecular flexibility index (Phi) is 5.61. The number of fused-ring (bicyclic) bond motifs is 8. The summed E-state index contributed by atoms with van der Waals surface area (Å²) in [6.07, 6.45) is 0.916. The molecule has 0 fully saturated rings. The molecule has 0 bridgehead atoms. The van der Waals surface area contributed by atoms with Crippen LogP contribution in [0.15, 0.2) is 115 Å². The van der Waals surface area contributed by atoms with Gasteiger partial charge in [0, 0.05) is 27.9 Å². The fraction of sp³-hybridized carbons (Fsp3) is 0.111. The van der Waals surface area contributed by atoms with E-state index in [2.05, 4.69) is 115 Å². The summed E-state index contributed by atoms with van der Waals surface area (Å²) in [5.74, 6) is 0.861. The van der Waals surface area contributed by atoms with Crippen molar-refractivity contribution in [2.75, 3.05) is 7.11 Å². The Bertz CT molecular complexity index is 1980. The maximum Gasteiger partial charge on any atom is 0.118 e. The van der Waals surface area contributed by atoms with E-state index < -0.39 is 0 Å². The summed E-state index contributed by atoms with van der Waals surface area (Å²) < 4.78 is 7.82. The Labute approximate surface area is 228 Å². The number of nitrogens with two attached hydrogens (primary N) is 1. The molecule has 0 aliphatic heterocycles. The zero-order chi connectivity index (χ0) is 26.5. The first-order valence-electron chi connectivity index (χ1n) is 13.6. The lowest BCUT2D eigenvalue weighted by Crippen LogP contribution is -2.08. The third-order valence-electron chi connectivity index (χ3n) is 8.08. The molecular formula is C36H30N2O. The van der Waals surface area contributed by atoms with Gasteiger partial charge in [-0.25, -0.2) is 0 Å². The Morgan fingerprint density at radius 2 is 1.28 bits per heavy atom. The van der Waals surface area contributed by atoms with E-state index in [9.17, 15) is 0 Å². The second kappa shape index (κ2) is 9.30. The summed E-state index contributed by atoms with van der Waals surface area (Å²) in [5, 5.41) is 7.59. The van der Waals surface area contributed by atoms with Crippen molar-refractivity contribution >= 4 is 43.4 Å². The minimum absolute atomic E-state index is 0.0500. The van der Waals surface area contributed by atoms with Crippen molar-refractivity contribution in [1.82, 2.24) is 4.57 Å². The smallest absolute Gasteiger partial charge is 0.118 e. The quantitative estimate of drug-likeness (QED) is 0.236. The molecule has 0 aliphatic carbocycles. The van der Waals surface area contributed by atoms with E-state index >= 15 is 0 Å². The molecule has 190 valence electrons. The van der Waals surface area contributed by atoms with Crippen molar-refractivity contribution < 1.29 is 4.74 Å². The van der Waals surface area contributed by atoms with Crippen LogP contribution in [-0.4, -0.2) is 11.7 Å². The summed E-state index contributed by atoms with van der Waals surface area (Å²) in [7, 11) is 1.70. The number of benzene rings is 6. The Balaban J connectivity index is 1.61. The first kappa shape index (κ1) is 23.5. The normalized spacial score (nSPS) is 12.5. The highest BCUT2D eigenvalue weighted by Crippen LogP contribution is 2.43. The average Bonchev–Trinajstić information content (AvgIpc) is 3.36. The van der Waals surface area contributed by atoms with Crippen LogP contribution in [0.4, 0.5) is 0 Å². The molecule has 6 aromatic carbocycles. The molecule has 0 amide bonds. The number of nitrogens with zero attached hydrogens (tertiary/aromatic N) is 1. The lowest BCUT2D eigenvalue weighted by atomic mass is 9.96. The Morgan fingerprint density at radius 1 is 0.667 bits per heavy atom. The number of methoxy groups -OCH3 is 1. The Hall–Kier alpha value is -4.60. The van der Waals surface area contributed by atoms with E-state index in [1.807, 2.05) is 12.1 Å². The predicted molar refractivity (Wildman–Crippen MR) is 165 cm³/mol. The first-order chi connectivity index (χ1) is 19.2. The topological polar surface area (TPSA) is 40.2 Å². The fourth-order valence-electron chi connectivity index (χ4n) is 6.02. The van der Waals surface area contributed by atoms with E-state index in [1.165, 1.54) is 60.0 Å². The molecule has 7 aromatic rings. The van der Waals surface area contributed by atoms with Crippen LogP contribution in [0.3, 0.4) is 0 Å². The van der Waals surface area contributed by atoms with Crippen molar-refractivity contribution in [3.63, 3.8) is 0 Å². The maximum absolute atomic E-state index is 6.36. The number of hydrogen-bond acceptors (Lipinski definition) is 2. The van der Waals surface area contributed by atoms with Crippen molar-refractivity contribution in [2.24, 2.45) is 5.73 Å². The van der Waals surface area contributed by atoms with Crippen LogP contribution < -0.4 is 10.5 Å². The van der Waals surface area contributed by atoms with Gasteiger partial charge in [0.15, 0.2) is 0 Å². The van der Waals surface area contributed by atoms with Crippen LogP contribution in [0.25, 0.3) is 60.2 Å². The van der Waals surface area contributed by atoms with Gasteiger partial charge < -0.3 is 15.0 Å². The molecule has 1 unspecified atom stereocenters. The fourth-order valence-corrected chi connectivity index (χ4v) is 6.02. The molecule has 39 heavy (non-hydrogen) atoms. The van der Waals surface area contributed by atoms with Gasteiger partial charge in [0.2, 0.25) is 0 Å². The summed E-state index contributed by atoms with van der Waals surface area (Å²) in [6, 6.07) is 41.5. The largest absolute Gasteiger partial charge is 0.497 e. The number of rotatable bonds is 5. The summed E-state index contributed by atoms with van der Waals surface area (Å²) in [6.45, 7) is 2.13. The highest BCUT2D eigenvalue weighted by atomic mass is 16.5. The molecule has 1 aromatic heterocycles. The van der Waals surface area contributed by atoms with Crippen molar-refractivity contribution in [3.05, 3.63) is 121 Å². The number of aromatic nitrogens is 1. The lowest BCUT2D eigenvalue weighted by Gasteiger charge is -2.14. The number of ether oxygens (including phenoxy) is 1. The molecule has 7 rings (SSSR count). The third kappa shape index (κ3) is 3.70.